The second-order valence-corrected chi connectivity index (χ2v) is 7.78. The monoisotopic (exact) mass is 347 g/mol. The van der Waals surface area contributed by atoms with Gasteiger partial charge in [0.1, 0.15) is 5.75 Å². The van der Waals surface area contributed by atoms with Gasteiger partial charge in [-0.15, -0.1) is 0 Å². The minimum absolute atomic E-state index is 0.346. The van der Waals surface area contributed by atoms with Crippen LogP contribution in [0.1, 0.15) is 28.7 Å². The van der Waals surface area contributed by atoms with E-state index in [9.17, 15) is 8.42 Å². The highest BCUT2D eigenvalue weighted by atomic mass is 32.2. The Morgan fingerprint density at radius 3 is 2.12 bits per heavy atom. The van der Waals surface area contributed by atoms with Crippen molar-refractivity contribution in [3.8, 4) is 5.75 Å². The lowest BCUT2D eigenvalue weighted by molar-refractivity contribution is 0.413. The summed E-state index contributed by atoms with van der Waals surface area (Å²) < 4.78 is 33.0. The summed E-state index contributed by atoms with van der Waals surface area (Å²) in [5.41, 5.74) is 3.83. The fourth-order valence-electron chi connectivity index (χ4n) is 2.78. The predicted octanol–water partition coefficient (Wildman–Crippen LogP) is 3.53. The SMILES string of the molecule is COc1cc(C)c(S(=O)(=O)NCCCc2ccc(C)cc2)c(C)c1. The van der Waals surface area contributed by atoms with Gasteiger partial charge in [-0.2, -0.15) is 0 Å². The maximum atomic E-state index is 12.6. The largest absolute Gasteiger partial charge is 0.497 e. The Morgan fingerprint density at radius 2 is 1.58 bits per heavy atom. The highest BCUT2D eigenvalue weighted by Crippen LogP contribution is 2.25. The topological polar surface area (TPSA) is 55.4 Å². The third-order valence-corrected chi connectivity index (χ3v) is 5.76. The van der Waals surface area contributed by atoms with Crippen LogP contribution in [0.25, 0.3) is 0 Å². The Hall–Kier alpha value is -1.85. The van der Waals surface area contributed by atoms with E-state index < -0.39 is 10.0 Å². The van der Waals surface area contributed by atoms with E-state index in [0.29, 0.717) is 28.3 Å². The van der Waals surface area contributed by atoms with Gasteiger partial charge in [-0.3, -0.25) is 0 Å². The summed E-state index contributed by atoms with van der Waals surface area (Å²) in [5, 5.41) is 0. The van der Waals surface area contributed by atoms with Crippen molar-refractivity contribution >= 4 is 10.0 Å². The highest BCUT2D eigenvalue weighted by Gasteiger charge is 2.19. The Labute approximate surface area is 144 Å². The van der Waals surface area contributed by atoms with Gasteiger partial charge in [0, 0.05) is 6.54 Å². The van der Waals surface area contributed by atoms with Crippen molar-refractivity contribution in [2.75, 3.05) is 13.7 Å². The summed E-state index contributed by atoms with van der Waals surface area (Å²) in [6, 6.07) is 11.8. The van der Waals surface area contributed by atoms with Crippen LogP contribution in [0.3, 0.4) is 0 Å². The van der Waals surface area contributed by atoms with Gasteiger partial charge < -0.3 is 4.74 Å². The first-order valence-electron chi connectivity index (χ1n) is 8.04. The van der Waals surface area contributed by atoms with Crippen molar-refractivity contribution < 1.29 is 13.2 Å². The number of rotatable bonds is 7. The fourth-order valence-corrected chi connectivity index (χ4v) is 4.30. The molecule has 0 saturated heterocycles. The lowest BCUT2D eigenvalue weighted by atomic mass is 10.1. The zero-order chi connectivity index (χ0) is 17.7. The van der Waals surface area contributed by atoms with Crippen LogP contribution in [0.2, 0.25) is 0 Å². The second kappa shape index (κ2) is 7.81. The molecule has 0 spiro atoms. The molecule has 0 aliphatic heterocycles. The maximum absolute atomic E-state index is 12.6. The van der Waals surface area contributed by atoms with Crippen molar-refractivity contribution in [3.63, 3.8) is 0 Å². The van der Waals surface area contributed by atoms with Crippen LogP contribution >= 0.6 is 0 Å². The van der Waals surface area contributed by atoms with Gasteiger partial charge in [0.15, 0.2) is 0 Å². The molecule has 0 aliphatic carbocycles. The lowest BCUT2D eigenvalue weighted by Gasteiger charge is -2.13. The Morgan fingerprint density at radius 1 is 1.00 bits per heavy atom. The first-order chi connectivity index (χ1) is 11.3. The molecule has 0 bridgehead atoms. The number of ether oxygens (including phenoxy) is 1. The summed E-state index contributed by atoms with van der Waals surface area (Å²) in [4.78, 5) is 0.346. The molecule has 4 nitrogen and oxygen atoms in total. The van der Waals surface area contributed by atoms with Crippen molar-refractivity contribution in [3.05, 3.63) is 58.7 Å². The van der Waals surface area contributed by atoms with Crippen molar-refractivity contribution in [2.45, 2.75) is 38.5 Å². The molecule has 0 amide bonds. The lowest BCUT2D eigenvalue weighted by Crippen LogP contribution is -2.26. The quantitative estimate of drug-likeness (QED) is 0.780. The molecule has 2 rings (SSSR count). The molecule has 0 heterocycles. The molecule has 0 aliphatic rings. The first kappa shape index (κ1) is 18.5. The van der Waals surface area contributed by atoms with Crippen LogP contribution in [-0.2, 0) is 16.4 Å². The number of benzene rings is 2. The molecule has 2 aromatic carbocycles. The maximum Gasteiger partial charge on any atom is 0.241 e. The molecular weight excluding hydrogens is 322 g/mol. The van der Waals surface area contributed by atoms with Crippen LogP contribution in [0.5, 0.6) is 5.75 Å². The molecule has 24 heavy (non-hydrogen) atoms. The minimum atomic E-state index is -3.51. The fraction of sp³-hybridized carbons (Fsp3) is 0.368. The van der Waals surface area contributed by atoms with Crippen molar-refractivity contribution in [2.24, 2.45) is 0 Å². The highest BCUT2D eigenvalue weighted by molar-refractivity contribution is 7.89. The standard InChI is InChI=1S/C19H25NO3S/c1-14-7-9-17(10-8-14)6-5-11-20-24(21,22)19-15(2)12-18(23-4)13-16(19)3/h7-10,12-13,20H,5-6,11H2,1-4H3. The van der Waals surface area contributed by atoms with E-state index in [4.69, 9.17) is 4.74 Å². The molecule has 0 aromatic heterocycles. The molecule has 130 valence electrons. The Bertz CT molecular complexity index is 773. The minimum Gasteiger partial charge on any atom is -0.497 e. The normalized spacial score (nSPS) is 11.5. The second-order valence-electron chi connectivity index (χ2n) is 6.08. The average molecular weight is 347 g/mol. The first-order valence-corrected chi connectivity index (χ1v) is 9.52. The summed E-state index contributed by atoms with van der Waals surface area (Å²) in [6.45, 7) is 6.05. The van der Waals surface area contributed by atoms with Gasteiger partial charge >= 0.3 is 0 Å². The smallest absolute Gasteiger partial charge is 0.241 e. The van der Waals surface area contributed by atoms with Crippen LogP contribution < -0.4 is 9.46 Å². The van der Waals surface area contributed by atoms with Crippen LogP contribution in [0.15, 0.2) is 41.3 Å². The molecule has 0 unspecified atom stereocenters. The van der Waals surface area contributed by atoms with Crippen LogP contribution in [-0.4, -0.2) is 22.1 Å². The molecule has 5 heteroatoms. The average Bonchev–Trinajstić information content (AvgIpc) is 2.52. The van der Waals surface area contributed by atoms with E-state index in [0.717, 1.165) is 12.8 Å². The summed E-state index contributed by atoms with van der Waals surface area (Å²) in [7, 11) is -1.94. The van der Waals surface area contributed by atoms with E-state index in [1.54, 1.807) is 33.1 Å². The Kier molecular flexibility index (Phi) is 6.02. The zero-order valence-corrected chi connectivity index (χ0v) is 15.5. The number of hydrogen-bond acceptors (Lipinski definition) is 3. The molecule has 0 fully saturated rings. The summed E-state index contributed by atoms with van der Waals surface area (Å²) in [5.74, 6) is 0.670. The van der Waals surface area contributed by atoms with Gasteiger partial charge in [-0.05, 0) is 62.4 Å². The van der Waals surface area contributed by atoms with Crippen molar-refractivity contribution in [1.29, 1.82) is 0 Å². The van der Waals surface area contributed by atoms with E-state index in [1.807, 2.05) is 0 Å². The molecule has 1 N–H and O–H groups in total. The zero-order valence-electron chi connectivity index (χ0n) is 14.7. The number of nitrogens with one attached hydrogen (secondary N) is 1. The van der Waals surface area contributed by atoms with Gasteiger partial charge in [0.05, 0.1) is 12.0 Å². The van der Waals surface area contributed by atoms with Gasteiger partial charge in [0.2, 0.25) is 10.0 Å². The van der Waals surface area contributed by atoms with Gasteiger partial charge in [-0.25, -0.2) is 13.1 Å². The van der Waals surface area contributed by atoms with Crippen LogP contribution in [0, 0.1) is 20.8 Å². The number of methoxy groups -OCH3 is 1. The molecular formula is C19H25NO3S. The van der Waals surface area contributed by atoms with E-state index in [2.05, 4.69) is 35.9 Å². The van der Waals surface area contributed by atoms with Gasteiger partial charge in [-0.1, -0.05) is 29.8 Å². The van der Waals surface area contributed by atoms with E-state index >= 15 is 0 Å². The van der Waals surface area contributed by atoms with E-state index in [-0.39, 0.29) is 0 Å². The number of hydrogen-bond donors (Lipinski definition) is 1. The van der Waals surface area contributed by atoms with E-state index in [1.165, 1.54) is 11.1 Å². The Balaban J connectivity index is 2.00. The molecule has 0 saturated carbocycles. The third kappa shape index (κ3) is 4.58. The summed E-state index contributed by atoms with van der Waals surface area (Å²) >= 11 is 0. The van der Waals surface area contributed by atoms with Crippen LogP contribution in [0.4, 0.5) is 0 Å². The van der Waals surface area contributed by atoms with Gasteiger partial charge in [0.25, 0.3) is 0 Å². The van der Waals surface area contributed by atoms with Crippen molar-refractivity contribution in [1.82, 2.24) is 4.72 Å². The number of sulfonamides is 1. The summed E-state index contributed by atoms with van der Waals surface area (Å²) in [6.07, 6.45) is 1.61. The predicted molar refractivity (Wildman–Crippen MR) is 97.2 cm³/mol. The molecule has 0 radical (unpaired) electrons. The molecule has 0 atom stereocenters. The molecule has 2 aromatic rings. The third-order valence-electron chi connectivity index (χ3n) is 3.99. The number of aryl methyl sites for hydroxylation is 4.